The Morgan fingerprint density at radius 1 is 1.10 bits per heavy atom. The molecule has 0 aromatic heterocycles. The number of ketones is 1. The number of Topliss-reactive ketones (excluding diaryl/α,β-unsaturated/α-hetero) is 1. The van der Waals surface area contributed by atoms with Gasteiger partial charge in [-0.3, -0.25) is 4.79 Å². The SMILES string of the molecule is CC.CC(=O)c1ccc(OCc2ccccc2)cc1O. The van der Waals surface area contributed by atoms with Crippen LogP contribution in [0.4, 0.5) is 0 Å². The van der Waals surface area contributed by atoms with Crippen molar-refractivity contribution in [1.82, 2.24) is 0 Å². The minimum Gasteiger partial charge on any atom is -0.507 e. The Kier molecular flexibility index (Phi) is 6.30. The van der Waals surface area contributed by atoms with E-state index in [2.05, 4.69) is 0 Å². The Hall–Kier alpha value is -2.29. The number of carbonyl (C=O) groups excluding carboxylic acids is 1. The van der Waals surface area contributed by atoms with Crippen molar-refractivity contribution in [2.45, 2.75) is 27.4 Å². The monoisotopic (exact) mass is 272 g/mol. The van der Waals surface area contributed by atoms with Crippen molar-refractivity contribution < 1.29 is 14.6 Å². The lowest BCUT2D eigenvalue weighted by Gasteiger charge is -2.08. The molecule has 0 amide bonds. The second kappa shape index (κ2) is 8.00. The largest absolute Gasteiger partial charge is 0.507 e. The topological polar surface area (TPSA) is 46.5 Å². The van der Waals surface area contributed by atoms with E-state index in [1.165, 1.54) is 13.0 Å². The summed E-state index contributed by atoms with van der Waals surface area (Å²) in [6.45, 7) is 5.85. The zero-order valence-electron chi connectivity index (χ0n) is 12.1. The number of hydrogen-bond acceptors (Lipinski definition) is 3. The van der Waals surface area contributed by atoms with Gasteiger partial charge in [-0.15, -0.1) is 0 Å². The number of hydrogen-bond donors (Lipinski definition) is 1. The van der Waals surface area contributed by atoms with E-state index in [-0.39, 0.29) is 11.5 Å². The van der Waals surface area contributed by atoms with Crippen LogP contribution >= 0.6 is 0 Å². The smallest absolute Gasteiger partial charge is 0.163 e. The third kappa shape index (κ3) is 4.43. The molecule has 3 heteroatoms. The Morgan fingerprint density at radius 3 is 2.30 bits per heavy atom. The molecule has 20 heavy (non-hydrogen) atoms. The molecule has 2 aromatic rings. The second-order valence-corrected chi connectivity index (χ2v) is 4.01. The number of aromatic hydroxyl groups is 1. The highest BCUT2D eigenvalue weighted by Crippen LogP contribution is 2.24. The van der Waals surface area contributed by atoms with E-state index in [4.69, 9.17) is 4.74 Å². The number of carbonyl (C=O) groups is 1. The second-order valence-electron chi connectivity index (χ2n) is 4.01. The van der Waals surface area contributed by atoms with E-state index in [1.54, 1.807) is 12.1 Å². The van der Waals surface area contributed by atoms with Gasteiger partial charge in [-0.1, -0.05) is 44.2 Å². The fourth-order valence-electron chi connectivity index (χ4n) is 1.64. The van der Waals surface area contributed by atoms with E-state index < -0.39 is 0 Å². The van der Waals surface area contributed by atoms with Crippen LogP contribution in [0.3, 0.4) is 0 Å². The molecule has 0 unspecified atom stereocenters. The van der Waals surface area contributed by atoms with Gasteiger partial charge >= 0.3 is 0 Å². The van der Waals surface area contributed by atoms with Crippen LogP contribution < -0.4 is 4.74 Å². The first-order chi connectivity index (χ1) is 9.66. The summed E-state index contributed by atoms with van der Waals surface area (Å²) in [5.41, 5.74) is 1.36. The molecule has 2 aromatic carbocycles. The third-order valence-electron chi connectivity index (χ3n) is 2.60. The number of phenolic OH excluding ortho intramolecular Hbond substituents is 1. The normalized spacial score (nSPS) is 9.35. The molecule has 0 saturated heterocycles. The van der Waals surface area contributed by atoms with Gasteiger partial charge in [0.05, 0.1) is 5.56 Å². The molecule has 106 valence electrons. The van der Waals surface area contributed by atoms with Crippen molar-refractivity contribution in [3.8, 4) is 11.5 Å². The van der Waals surface area contributed by atoms with Crippen molar-refractivity contribution in [3.05, 3.63) is 59.7 Å². The molecule has 0 saturated carbocycles. The van der Waals surface area contributed by atoms with E-state index >= 15 is 0 Å². The van der Waals surface area contributed by atoms with Crippen molar-refractivity contribution in [2.24, 2.45) is 0 Å². The maximum Gasteiger partial charge on any atom is 0.163 e. The van der Waals surface area contributed by atoms with Gasteiger partial charge in [-0.2, -0.15) is 0 Å². The Bertz CT molecular complexity index is 547. The third-order valence-corrected chi connectivity index (χ3v) is 2.60. The molecule has 0 spiro atoms. The summed E-state index contributed by atoms with van der Waals surface area (Å²) in [4.78, 5) is 11.2. The zero-order chi connectivity index (χ0) is 15.0. The molecule has 0 aliphatic rings. The Balaban J connectivity index is 0.000000956. The quantitative estimate of drug-likeness (QED) is 0.848. The summed E-state index contributed by atoms with van der Waals surface area (Å²) in [6, 6.07) is 14.5. The lowest BCUT2D eigenvalue weighted by Crippen LogP contribution is -1.97. The highest BCUT2D eigenvalue weighted by Gasteiger charge is 2.07. The number of ether oxygens (including phenoxy) is 1. The number of benzene rings is 2. The predicted octanol–water partition coefficient (Wildman–Crippen LogP) is 4.20. The maximum atomic E-state index is 11.2. The van der Waals surface area contributed by atoms with E-state index in [0.29, 0.717) is 17.9 Å². The molecule has 0 heterocycles. The molecular formula is C17H20O3. The molecule has 0 aliphatic carbocycles. The van der Waals surface area contributed by atoms with Crippen LogP contribution in [0.1, 0.15) is 36.7 Å². The molecule has 0 atom stereocenters. The Labute approximate surface area is 119 Å². The summed E-state index contributed by atoms with van der Waals surface area (Å²) in [5, 5.41) is 9.66. The van der Waals surface area contributed by atoms with Crippen LogP contribution in [0, 0.1) is 0 Å². The maximum absolute atomic E-state index is 11.2. The van der Waals surface area contributed by atoms with Gasteiger partial charge in [-0.25, -0.2) is 0 Å². The van der Waals surface area contributed by atoms with Crippen LogP contribution in [0.25, 0.3) is 0 Å². The highest BCUT2D eigenvalue weighted by atomic mass is 16.5. The highest BCUT2D eigenvalue weighted by molar-refractivity contribution is 5.96. The van der Waals surface area contributed by atoms with E-state index in [0.717, 1.165) is 5.56 Å². The van der Waals surface area contributed by atoms with Crippen molar-refractivity contribution in [2.75, 3.05) is 0 Å². The predicted molar refractivity (Wildman–Crippen MR) is 80.2 cm³/mol. The van der Waals surface area contributed by atoms with Gasteiger partial charge in [0, 0.05) is 6.07 Å². The van der Waals surface area contributed by atoms with Crippen LogP contribution in [0.5, 0.6) is 11.5 Å². The molecule has 1 N–H and O–H groups in total. The summed E-state index contributed by atoms with van der Waals surface area (Å²) in [7, 11) is 0. The number of rotatable bonds is 4. The molecule has 0 radical (unpaired) electrons. The van der Waals surface area contributed by atoms with Crippen LogP contribution in [0.2, 0.25) is 0 Å². The molecule has 0 aliphatic heterocycles. The van der Waals surface area contributed by atoms with E-state index in [9.17, 15) is 9.90 Å². The minimum atomic E-state index is -0.165. The number of phenols is 1. The molecule has 3 nitrogen and oxygen atoms in total. The van der Waals surface area contributed by atoms with Gasteiger partial charge in [0.1, 0.15) is 18.1 Å². The van der Waals surface area contributed by atoms with Crippen molar-refractivity contribution >= 4 is 5.78 Å². The average Bonchev–Trinajstić information content (AvgIpc) is 2.48. The standard InChI is InChI=1S/C15H14O3.C2H6/c1-11(16)14-8-7-13(9-15(14)17)18-10-12-5-3-2-4-6-12;1-2/h2-9,17H,10H2,1H3;1-2H3. The molecule has 0 fully saturated rings. The molecule has 2 rings (SSSR count). The first kappa shape index (κ1) is 15.8. The summed E-state index contributed by atoms with van der Waals surface area (Å²) >= 11 is 0. The Morgan fingerprint density at radius 2 is 1.75 bits per heavy atom. The minimum absolute atomic E-state index is 0.0481. The summed E-state index contributed by atoms with van der Waals surface area (Å²) in [5.74, 6) is 0.330. The lowest BCUT2D eigenvalue weighted by atomic mass is 10.1. The van der Waals surface area contributed by atoms with Crippen LogP contribution in [-0.4, -0.2) is 10.9 Å². The molecule has 0 bridgehead atoms. The van der Waals surface area contributed by atoms with Gasteiger partial charge in [-0.05, 0) is 24.6 Å². The summed E-state index contributed by atoms with van der Waals surface area (Å²) < 4.78 is 5.54. The van der Waals surface area contributed by atoms with Gasteiger partial charge in [0.15, 0.2) is 5.78 Å². The van der Waals surface area contributed by atoms with E-state index in [1.807, 2.05) is 44.2 Å². The fourth-order valence-corrected chi connectivity index (χ4v) is 1.64. The fraction of sp³-hybridized carbons (Fsp3) is 0.235. The first-order valence-corrected chi connectivity index (χ1v) is 6.67. The zero-order valence-corrected chi connectivity index (χ0v) is 12.1. The van der Waals surface area contributed by atoms with Crippen LogP contribution in [0.15, 0.2) is 48.5 Å². The van der Waals surface area contributed by atoms with Crippen molar-refractivity contribution in [1.29, 1.82) is 0 Å². The van der Waals surface area contributed by atoms with Crippen molar-refractivity contribution in [3.63, 3.8) is 0 Å². The van der Waals surface area contributed by atoms with Gasteiger partial charge in [0.25, 0.3) is 0 Å². The van der Waals surface area contributed by atoms with Gasteiger partial charge < -0.3 is 9.84 Å². The molecular weight excluding hydrogens is 252 g/mol. The lowest BCUT2D eigenvalue weighted by molar-refractivity contribution is 0.101. The first-order valence-electron chi connectivity index (χ1n) is 6.67. The van der Waals surface area contributed by atoms with Gasteiger partial charge in [0.2, 0.25) is 0 Å². The van der Waals surface area contributed by atoms with Crippen LogP contribution in [-0.2, 0) is 6.61 Å². The average molecular weight is 272 g/mol. The summed E-state index contributed by atoms with van der Waals surface area (Å²) in [6.07, 6.45) is 0.